The van der Waals surface area contributed by atoms with Gasteiger partial charge < -0.3 is 5.32 Å². The normalized spacial score (nSPS) is 17.4. The van der Waals surface area contributed by atoms with Crippen molar-refractivity contribution in [3.8, 4) is 0 Å². The minimum Gasteiger partial charge on any atom is -0.350 e. The number of hydrogen-bond donors (Lipinski definition) is 1. The van der Waals surface area contributed by atoms with Crippen molar-refractivity contribution < 1.29 is 13.2 Å². The van der Waals surface area contributed by atoms with E-state index in [9.17, 15) is 13.2 Å². The molecule has 0 radical (unpaired) electrons. The predicted octanol–water partition coefficient (Wildman–Crippen LogP) is 1.98. The van der Waals surface area contributed by atoms with Crippen LogP contribution in [0.25, 0.3) is 0 Å². The number of amides is 1. The number of rotatable bonds is 6. The summed E-state index contributed by atoms with van der Waals surface area (Å²) in [5, 5.41) is 7.34. The smallest absolute Gasteiger partial charge is 0.251 e. The molecule has 1 fully saturated rings. The third kappa shape index (κ3) is 3.84. The largest absolute Gasteiger partial charge is 0.350 e. The Morgan fingerprint density at radius 2 is 1.75 bits per heavy atom. The van der Waals surface area contributed by atoms with E-state index in [1.807, 2.05) is 10.9 Å². The molecule has 1 saturated heterocycles. The second kappa shape index (κ2) is 8.05. The summed E-state index contributed by atoms with van der Waals surface area (Å²) in [7, 11) is -3.45. The number of sulfonamides is 1. The van der Waals surface area contributed by atoms with Gasteiger partial charge in [-0.2, -0.15) is 9.40 Å². The molecular formula is C20H26N4O3S. The highest BCUT2D eigenvalue weighted by Gasteiger charge is 2.27. The first-order valence-corrected chi connectivity index (χ1v) is 11.4. The molecule has 4 rings (SSSR count). The summed E-state index contributed by atoms with van der Waals surface area (Å²) in [4.78, 5) is 12.6. The van der Waals surface area contributed by atoms with E-state index in [0.717, 1.165) is 25.7 Å². The summed E-state index contributed by atoms with van der Waals surface area (Å²) < 4.78 is 28.6. The minimum atomic E-state index is -3.45. The van der Waals surface area contributed by atoms with E-state index in [1.165, 1.54) is 40.5 Å². The molecule has 0 atom stereocenters. The molecular weight excluding hydrogens is 376 g/mol. The van der Waals surface area contributed by atoms with Gasteiger partial charge in [-0.1, -0.05) is 0 Å². The van der Waals surface area contributed by atoms with Crippen LogP contribution in [0.3, 0.4) is 0 Å². The highest BCUT2D eigenvalue weighted by Crippen LogP contribution is 2.22. The summed E-state index contributed by atoms with van der Waals surface area (Å²) in [6.07, 6.45) is 8.30. The maximum atomic E-state index is 12.6. The Morgan fingerprint density at radius 1 is 1.04 bits per heavy atom. The fraction of sp³-hybridized carbons (Fsp3) is 0.500. The number of fused-ring (bicyclic) bond motifs is 1. The number of hydrogen-bond acceptors (Lipinski definition) is 4. The Labute approximate surface area is 165 Å². The SMILES string of the molecule is O=C(NCCn1ncc2c1CCCC2)c1ccc(S(=O)(=O)N2CCCC2)cc1. The summed E-state index contributed by atoms with van der Waals surface area (Å²) in [5.41, 5.74) is 3.08. The average molecular weight is 403 g/mol. The summed E-state index contributed by atoms with van der Waals surface area (Å²) in [5.74, 6) is -0.203. The van der Waals surface area contributed by atoms with Gasteiger partial charge in [-0.05, 0) is 68.4 Å². The van der Waals surface area contributed by atoms with Gasteiger partial charge in [-0.3, -0.25) is 9.48 Å². The van der Waals surface area contributed by atoms with Gasteiger partial charge >= 0.3 is 0 Å². The van der Waals surface area contributed by atoms with Crippen molar-refractivity contribution in [2.24, 2.45) is 0 Å². The van der Waals surface area contributed by atoms with E-state index in [-0.39, 0.29) is 10.8 Å². The monoisotopic (exact) mass is 402 g/mol. The Kier molecular flexibility index (Phi) is 5.50. The van der Waals surface area contributed by atoms with Crippen LogP contribution in [0.5, 0.6) is 0 Å². The van der Waals surface area contributed by atoms with Crippen molar-refractivity contribution in [1.82, 2.24) is 19.4 Å². The van der Waals surface area contributed by atoms with Crippen molar-refractivity contribution in [3.05, 3.63) is 47.3 Å². The number of benzene rings is 1. The van der Waals surface area contributed by atoms with Crippen molar-refractivity contribution >= 4 is 15.9 Å². The molecule has 1 aliphatic heterocycles. The Morgan fingerprint density at radius 3 is 2.50 bits per heavy atom. The molecule has 1 aliphatic carbocycles. The Hall–Kier alpha value is -2.19. The highest BCUT2D eigenvalue weighted by molar-refractivity contribution is 7.89. The summed E-state index contributed by atoms with van der Waals surface area (Å²) in [6.45, 7) is 2.27. The molecule has 1 aromatic carbocycles. The predicted molar refractivity (Wildman–Crippen MR) is 106 cm³/mol. The molecule has 1 amide bonds. The van der Waals surface area contributed by atoms with Gasteiger partial charge in [0.2, 0.25) is 10.0 Å². The van der Waals surface area contributed by atoms with Crippen LogP contribution in [0.4, 0.5) is 0 Å². The standard InChI is InChI=1S/C20H26N4O3S/c25-20(21-11-14-24-19-6-2-1-5-17(19)15-22-24)16-7-9-18(10-8-16)28(26,27)23-12-3-4-13-23/h7-10,15H,1-6,11-14H2,(H,21,25). The second-order valence-corrected chi connectivity index (χ2v) is 9.38. The molecule has 150 valence electrons. The number of nitrogens with one attached hydrogen (secondary N) is 1. The molecule has 2 aromatic rings. The number of carbonyl (C=O) groups is 1. The van der Waals surface area contributed by atoms with Gasteiger partial charge in [-0.25, -0.2) is 8.42 Å². The first kappa shape index (κ1) is 19.1. The van der Waals surface area contributed by atoms with Gasteiger partial charge in [0.25, 0.3) is 5.91 Å². The van der Waals surface area contributed by atoms with E-state index < -0.39 is 10.0 Å². The fourth-order valence-corrected chi connectivity index (χ4v) is 5.50. The van der Waals surface area contributed by atoms with Crippen LogP contribution in [0.15, 0.2) is 35.4 Å². The third-order valence-electron chi connectivity index (χ3n) is 5.57. The van der Waals surface area contributed by atoms with E-state index >= 15 is 0 Å². The van der Waals surface area contributed by atoms with Gasteiger partial charge in [0, 0.05) is 30.9 Å². The lowest BCUT2D eigenvalue weighted by atomic mass is 9.98. The van der Waals surface area contributed by atoms with Gasteiger partial charge in [-0.15, -0.1) is 0 Å². The zero-order valence-corrected chi connectivity index (χ0v) is 16.7. The lowest BCUT2D eigenvalue weighted by Gasteiger charge is -2.15. The number of carbonyl (C=O) groups excluding carboxylic acids is 1. The van der Waals surface area contributed by atoms with E-state index in [0.29, 0.717) is 31.7 Å². The van der Waals surface area contributed by atoms with Crippen molar-refractivity contribution in [3.63, 3.8) is 0 Å². The minimum absolute atomic E-state index is 0.203. The molecule has 1 aromatic heterocycles. The van der Waals surface area contributed by atoms with Crippen LogP contribution < -0.4 is 5.32 Å². The Balaban J connectivity index is 1.34. The first-order chi connectivity index (χ1) is 13.6. The number of aryl methyl sites for hydroxylation is 1. The lowest BCUT2D eigenvalue weighted by molar-refractivity contribution is 0.0951. The van der Waals surface area contributed by atoms with Crippen molar-refractivity contribution in [1.29, 1.82) is 0 Å². The zero-order chi connectivity index (χ0) is 19.6. The Bertz CT molecular complexity index is 944. The molecule has 0 bridgehead atoms. The third-order valence-corrected chi connectivity index (χ3v) is 7.49. The van der Waals surface area contributed by atoms with Crippen LogP contribution in [0.2, 0.25) is 0 Å². The quantitative estimate of drug-likeness (QED) is 0.801. The maximum Gasteiger partial charge on any atom is 0.251 e. The van der Waals surface area contributed by atoms with E-state index in [1.54, 1.807) is 12.1 Å². The zero-order valence-electron chi connectivity index (χ0n) is 15.9. The van der Waals surface area contributed by atoms with Gasteiger partial charge in [0.05, 0.1) is 17.6 Å². The molecule has 0 unspecified atom stereocenters. The second-order valence-electron chi connectivity index (χ2n) is 7.44. The molecule has 2 aliphatic rings. The maximum absolute atomic E-state index is 12.6. The number of nitrogens with zero attached hydrogens (tertiary/aromatic N) is 3. The molecule has 2 heterocycles. The molecule has 0 spiro atoms. The summed E-state index contributed by atoms with van der Waals surface area (Å²) >= 11 is 0. The molecule has 0 saturated carbocycles. The van der Waals surface area contributed by atoms with Crippen LogP contribution in [0.1, 0.15) is 47.3 Å². The topological polar surface area (TPSA) is 84.3 Å². The van der Waals surface area contributed by atoms with Crippen LogP contribution in [-0.2, 0) is 29.4 Å². The van der Waals surface area contributed by atoms with Crippen molar-refractivity contribution in [2.45, 2.75) is 50.0 Å². The molecule has 7 nitrogen and oxygen atoms in total. The van der Waals surface area contributed by atoms with Crippen LogP contribution >= 0.6 is 0 Å². The average Bonchev–Trinajstić information content (AvgIpc) is 3.39. The van der Waals surface area contributed by atoms with Crippen LogP contribution in [0, 0.1) is 0 Å². The summed E-state index contributed by atoms with van der Waals surface area (Å²) in [6, 6.07) is 6.20. The van der Waals surface area contributed by atoms with Gasteiger partial charge in [0.1, 0.15) is 0 Å². The van der Waals surface area contributed by atoms with E-state index in [4.69, 9.17) is 0 Å². The lowest BCUT2D eigenvalue weighted by Crippen LogP contribution is -2.29. The number of aromatic nitrogens is 2. The van der Waals surface area contributed by atoms with Crippen LogP contribution in [-0.4, -0.2) is 48.0 Å². The molecule has 8 heteroatoms. The van der Waals surface area contributed by atoms with Gasteiger partial charge in [0.15, 0.2) is 0 Å². The van der Waals surface area contributed by atoms with E-state index in [2.05, 4.69) is 10.4 Å². The molecule has 28 heavy (non-hydrogen) atoms. The highest BCUT2D eigenvalue weighted by atomic mass is 32.2. The molecule has 1 N–H and O–H groups in total. The fourth-order valence-electron chi connectivity index (χ4n) is 3.98. The first-order valence-electron chi connectivity index (χ1n) is 9.98. The van der Waals surface area contributed by atoms with Crippen molar-refractivity contribution in [2.75, 3.05) is 19.6 Å².